The predicted molar refractivity (Wildman–Crippen MR) is 116 cm³/mol. The Morgan fingerprint density at radius 3 is 2.67 bits per heavy atom. The number of nitrogens with zero attached hydrogens (tertiary/aromatic N) is 3. The highest BCUT2D eigenvalue weighted by Gasteiger charge is 2.28. The predicted octanol–water partition coefficient (Wildman–Crippen LogP) is 3.23. The monoisotopic (exact) mass is 464 g/mol. The molecule has 1 fully saturated rings. The van der Waals surface area contributed by atoms with Crippen LogP contribution in [0.3, 0.4) is 0 Å². The first kappa shape index (κ1) is 21.0. The van der Waals surface area contributed by atoms with E-state index in [9.17, 15) is 13.2 Å². The molecule has 158 valence electrons. The number of aromatic nitrogens is 2. The fourth-order valence-corrected chi connectivity index (χ4v) is 5.95. The summed E-state index contributed by atoms with van der Waals surface area (Å²) in [5, 5.41) is 6.68. The summed E-state index contributed by atoms with van der Waals surface area (Å²) < 4.78 is 29.5. The summed E-state index contributed by atoms with van der Waals surface area (Å²) in [5.74, 6) is -0.0972. The molecule has 1 aliphatic rings. The average molecular weight is 465 g/mol. The number of rotatable bonds is 6. The van der Waals surface area contributed by atoms with Crippen molar-refractivity contribution < 1.29 is 13.2 Å². The summed E-state index contributed by atoms with van der Waals surface area (Å²) in [6.07, 6.45) is 4.43. The molecule has 3 aromatic rings. The van der Waals surface area contributed by atoms with Crippen LogP contribution in [0.5, 0.6) is 0 Å². The van der Waals surface area contributed by atoms with Gasteiger partial charge in [0.05, 0.1) is 18.3 Å². The summed E-state index contributed by atoms with van der Waals surface area (Å²) in [6, 6.07) is 10.7. The van der Waals surface area contributed by atoms with E-state index in [1.807, 2.05) is 24.3 Å². The van der Waals surface area contributed by atoms with Crippen molar-refractivity contribution in [2.75, 3.05) is 13.1 Å². The number of nitrogens with one attached hydrogen (secondary N) is 1. The van der Waals surface area contributed by atoms with E-state index < -0.39 is 10.0 Å². The van der Waals surface area contributed by atoms with Gasteiger partial charge in [0.1, 0.15) is 4.21 Å². The highest BCUT2D eigenvalue weighted by Crippen LogP contribution is 2.20. The van der Waals surface area contributed by atoms with Crippen LogP contribution in [0.2, 0.25) is 5.02 Å². The van der Waals surface area contributed by atoms with Crippen molar-refractivity contribution in [3.63, 3.8) is 0 Å². The Kier molecular flexibility index (Phi) is 6.24. The lowest BCUT2D eigenvalue weighted by atomic mass is 10.1. The number of sulfonamides is 1. The van der Waals surface area contributed by atoms with Crippen LogP contribution in [0.1, 0.15) is 28.8 Å². The number of likely N-dealkylation sites (tertiary alicyclic amines) is 1. The zero-order chi connectivity index (χ0) is 21.1. The summed E-state index contributed by atoms with van der Waals surface area (Å²) >= 11 is 7.39. The van der Waals surface area contributed by atoms with Crippen molar-refractivity contribution >= 4 is 38.9 Å². The van der Waals surface area contributed by atoms with E-state index in [-0.39, 0.29) is 11.9 Å². The molecule has 0 aliphatic carbocycles. The second kappa shape index (κ2) is 8.89. The van der Waals surface area contributed by atoms with Gasteiger partial charge in [-0.25, -0.2) is 13.1 Å². The van der Waals surface area contributed by atoms with Gasteiger partial charge < -0.3 is 4.90 Å². The van der Waals surface area contributed by atoms with Gasteiger partial charge in [0, 0.05) is 30.4 Å². The molecule has 1 saturated heterocycles. The van der Waals surface area contributed by atoms with Crippen molar-refractivity contribution in [1.29, 1.82) is 0 Å². The molecule has 7 nitrogen and oxygen atoms in total. The molecule has 0 spiro atoms. The number of amides is 1. The maximum Gasteiger partial charge on any atom is 0.257 e. The SMILES string of the molecule is O=C(c1cnn(Cc2ccccc2Cl)c1)N1CCC(NS(=O)(=O)c2cccs2)CC1. The molecule has 1 amide bonds. The summed E-state index contributed by atoms with van der Waals surface area (Å²) in [6.45, 7) is 1.47. The van der Waals surface area contributed by atoms with Crippen molar-refractivity contribution in [2.24, 2.45) is 0 Å². The third-order valence-electron chi connectivity index (χ3n) is 5.03. The van der Waals surface area contributed by atoms with Crippen molar-refractivity contribution in [2.45, 2.75) is 29.6 Å². The van der Waals surface area contributed by atoms with Crippen LogP contribution >= 0.6 is 22.9 Å². The van der Waals surface area contributed by atoms with Crippen LogP contribution < -0.4 is 4.72 Å². The first-order chi connectivity index (χ1) is 14.4. The van der Waals surface area contributed by atoms with E-state index in [1.54, 1.807) is 39.5 Å². The standard InChI is InChI=1S/C20H21ClN4O3S2/c21-18-5-2-1-4-15(18)13-25-14-16(12-22-25)20(26)24-9-7-17(8-10-24)23-30(27,28)19-6-3-11-29-19/h1-6,11-12,14,17,23H,7-10,13H2. The summed E-state index contributed by atoms with van der Waals surface area (Å²) in [4.78, 5) is 14.6. The number of carbonyl (C=O) groups excluding carboxylic acids is 1. The minimum atomic E-state index is -3.50. The lowest BCUT2D eigenvalue weighted by Crippen LogP contribution is -2.46. The minimum absolute atomic E-state index is 0.0972. The number of thiophene rings is 1. The number of hydrogen-bond donors (Lipinski definition) is 1. The average Bonchev–Trinajstić information content (AvgIpc) is 3.42. The molecular weight excluding hydrogens is 444 g/mol. The molecular formula is C20H21ClN4O3S2. The molecule has 1 N–H and O–H groups in total. The fourth-order valence-electron chi connectivity index (χ4n) is 3.44. The molecule has 0 unspecified atom stereocenters. The van der Waals surface area contributed by atoms with Crippen molar-refractivity contribution in [3.05, 3.63) is 70.3 Å². The molecule has 0 radical (unpaired) electrons. The molecule has 4 rings (SSSR count). The van der Waals surface area contributed by atoms with Crippen LogP contribution in [0.15, 0.2) is 58.4 Å². The molecule has 30 heavy (non-hydrogen) atoms. The van der Waals surface area contributed by atoms with Gasteiger partial charge in [-0.2, -0.15) is 5.10 Å². The van der Waals surface area contributed by atoms with E-state index in [2.05, 4.69) is 9.82 Å². The first-order valence-corrected chi connectivity index (χ1v) is 12.3. The molecule has 10 heteroatoms. The van der Waals surface area contributed by atoms with Crippen LogP contribution in [-0.4, -0.2) is 48.1 Å². The molecule has 0 bridgehead atoms. The van der Waals surface area contributed by atoms with Crippen LogP contribution in [0.4, 0.5) is 0 Å². The van der Waals surface area contributed by atoms with Gasteiger partial charge in [0.25, 0.3) is 5.91 Å². The van der Waals surface area contributed by atoms with Crippen LogP contribution in [0.25, 0.3) is 0 Å². The Bertz CT molecular complexity index is 1120. The van der Waals surface area contributed by atoms with E-state index >= 15 is 0 Å². The highest BCUT2D eigenvalue weighted by molar-refractivity contribution is 7.91. The van der Waals surface area contributed by atoms with Gasteiger partial charge in [-0.05, 0) is 35.9 Å². The quantitative estimate of drug-likeness (QED) is 0.607. The molecule has 1 aromatic carbocycles. The Hall–Kier alpha value is -2.20. The minimum Gasteiger partial charge on any atom is -0.338 e. The van der Waals surface area contributed by atoms with Gasteiger partial charge in [0.2, 0.25) is 10.0 Å². The lowest BCUT2D eigenvalue weighted by Gasteiger charge is -2.31. The van der Waals surface area contributed by atoms with E-state index in [4.69, 9.17) is 11.6 Å². The number of halogens is 1. The van der Waals surface area contributed by atoms with E-state index in [1.165, 1.54) is 11.3 Å². The molecule has 0 saturated carbocycles. The highest BCUT2D eigenvalue weighted by atomic mass is 35.5. The number of piperidine rings is 1. The zero-order valence-electron chi connectivity index (χ0n) is 16.1. The van der Waals surface area contributed by atoms with Gasteiger partial charge in [0.15, 0.2) is 0 Å². The second-order valence-corrected chi connectivity index (χ2v) is 10.4. The van der Waals surface area contributed by atoms with Gasteiger partial charge in [-0.3, -0.25) is 9.48 Å². The number of benzene rings is 1. The zero-order valence-corrected chi connectivity index (χ0v) is 18.5. The second-order valence-electron chi connectivity index (χ2n) is 7.14. The maximum absolute atomic E-state index is 12.8. The van der Waals surface area contributed by atoms with E-state index in [0.29, 0.717) is 47.3 Å². The topological polar surface area (TPSA) is 84.3 Å². The smallest absolute Gasteiger partial charge is 0.257 e. The molecule has 1 aliphatic heterocycles. The van der Waals surface area contributed by atoms with E-state index in [0.717, 1.165) is 5.56 Å². The normalized spacial score (nSPS) is 15.4. The summed E-state index contributed by atoms with van der Waals surface area (Å²) in [5.41, 5.74) is 1.44. The molecule has 0 atom stereocenters. The van der Waals surface area contributed by atoms with Gasteiger partial charge in [-0.1, -0.05) is 35.9 Å². The van der Waals surface area contributed by atoms with Crippen LogP contribution in [0, 0.1) is 0 Å². The van der Waals surface area contributed by atoms with Crippen molar-refractivity contribution in [3.8, 4) is 0 Å². The van der Waals surface area contributed by atoms with Crippen LogP contribution in [-0.2, 0) is 16.6 Å². The van der Waals surface area contributed by atoms with Crippen molar-refractivity contribution in [1.82, 2.24) is 19.4 Å². The third kappa shape index (κ3) is 4.75. The first-order valence-electron chi connectivity index (χ1n) is 9.53. The fraction of sp³-hybridized carbons (Fsp3) is 0.300. The Morgan fingerprint density at radius 1 is 1.20 bits per heavy atom. The summed E-state index contributed by atoms with van der Waals surface area (Å²) in [7, 11) is -3.50. The molecule has 3 heterocycles. The largest absolute Gasteiger partial charge is 0.338 e. The van der Waals surface area contributed by atoms with Gasteiger partial charge >= 0.3 is 0 Å². The van der Waals surface area contributed by atoms with Gasteiger partial charge in [-0.15, -0.1) is 11.3 Å². The number of hydrogen-bond acceptors (Lipinski definition) is 5. The Morgan fingerprint density at radius 2 is 1.97 bits per heavy atom. The molecule has 2 aromatic heterocycles. The lowest BCUT2D eigenvalue weighted by molar-refractivity contribution is 0.0711. The third-order valence-corrected chi connectivity index (χ3v) is 8.32. The Balaban J connectivity index is 1.34. The maximum atomic E-state index is 12.8. The number of carbonyl (C=O) groups is 1. The Labute approximate surface area is 184 Å².